The van der Waals surface area contributed by atoms with Gasteiger partial charge in [-0.2, -0.15) is 5.10 Å². The summed E-state index contributed by atoms with van der Waals surface area (Å²) in [5, 5.41) is 19.1. The van der Waals surface area contributed by atoms with Crippen LogP contribution in [0.15, 0.2) is 66.0 Å². The van der Waals surface area contributed by atoms with Crippen molar-refractivity contribution in [2.24, 2.45) is 0 Å². The van der Waals surface area contributed by atoms with Crippen molar-refractivity contribution in [3.05, 3.63) is 66.4 Å². The van der Waals surface area contributed by atoms with E-state index in [2.05, 4.69) is 51.6 Å². The van der Waals surface area contributed by atoms with Gasteiger partial charge in [0.2, 0.25) is 0 Å². The molecule has 4 rings (SSSR count). The predicted octanol–water partition coefficient (Wildman–Crippen LogP) is 4.80. The molecule has 0 radical (unpaired) electrons. The van der Waals surface area contributed by atoms with Crippen LogP contribution in [0.1, 0.15) is 18.4 Å². The Kier molecular flexibility index (Phi) is 5.16. The van der Waals surface area contributed by atoms with E-state index >= 15 is 0 Å². The molecule has 0 aliphatic heterocycles. The minimum atomic E-state index is 0.202. The maximum Gasteiger partial charge on any atom is 0.191 e. The number of phenols is 1. The smallest absolute Gasteiger partial charge is 0.191 e. The minimum absolute atomic E-state index is 0.202. The van der Waals surface area contributed by atoms with E-state index in [0.29, 0.717) is 16.9 Å². The molecule has 142 valence electrons. The van der Waals surface area contributed by atoms with Gasteiger partial charge >= 0.3 is 0 Å². The standard InChI is InChI=1S/C21H21N5OS/c1-14(15-7-4-3-5-8-15)13-26-20-18(12-22-26)19(24-21(25-20)28-2)23-16-9-6-10-17(27)11-16/h3-12,14,27H,13H2,1-2H3,(H,23,24,25). The Labute approximate surface area is 167 Å². The Morgan fingerprint density at radius 3 is 2.68 bits per heavy atom. The number of phenolic OH excluding ortho intramolecular Hbond substituents is 1. The summed E-state index contributed by atoms with van der Waals surface area (Å²) in [6, 6.07) is 17.4. The van der Waals surface area contributed by atoms with E-state index in [1.165, 1.54) is 17.3 Å². The van der Waals surface area contributed by atoms with Crippen LogP contribution in [0, 0.1) is 0 Å². The number of aromatic nitrogens is 4. The topological polar surface area (TPSA) is 75.9 Å². The number of nitrogens with zero attached hydrogens (tertiary/aromatic N) is 4. The van der Waals surface area contributed by atoms with Gasteiger partial charge in [-0.3, -0.25) is 0 Å². The average molecular weight is 392 g/mol. The second-order valence-electron chi connectivity index (χ2n) is 6.61. The van der Waals surface area contributed by atoms with Gasteiger partial charge in [-0.05, 0) is 24.0 Å². The van der Waals surface area contributed by atoms with Gasteiger partial charge < -0.3 is 10.4 Å². The van der Waals surface area contributed by atoms with Crippen LogP contribution < -0.4 is 5.32 Å². The van der Waals surface area contributed by atoms with Crippen molar-refractivity contribution < 1.29 is 5.11 Å². The zero-order valence-corrected chi connectivity index (χ0v) is 16.5. The molecule has 2 aromatic heterocycles. The summed E-state index contributed by atoms with van der Waals surface area (Å²) in [6.07, 6.45) is 3.74. The van der Waals surface area contributed by atoms with Crippen LogP contribution in [0.25, 0.3) is 11.0 Å². The minimum Gasteiger partial charge on any atom is -0.508 e. The summed E-state index contributed by atoms with van der Waals surface area (Å²) >= 11 is 1.49. The Bertz CT molecular complexity index is 1100. The number of fused-ring (bicyclic) bond motifs is 1. The molecule has 4 aromatic rings. The van der Waals surface area contributed by atoms with Gasteiger partial charge in [0.25, 0.3) is 0 Å². The van der Waals surface area contributed by atoms with Crippen molar-refractivity contribution in [1.29, 1.82) is 0 Å². The number of hydrogen-bond acceptors (Lipinski definition) is 6. The quantitative estimate of drug-likeness (QED) is 0.363. The van der Waals surface area contributed by atoms with Crippen molar-refractivity contribution in [3.63, 3.8) is 0 Å². The number of aromatic hydroxyl groups is 1. The Balaban J connectivity index is 1.70. The lowest BCUT2D eigenvalue weighted by molar-refractivity contribution is 0.475. The van der Waals surface area contributed by atoms with Crippen molar-refractivity contribution >= 4 is 34.3 Å². The van der Waals surface area contributed by atoms with Crippen LogP contribution >= 0.6 is 11.8 Å². The summed E-state index contributed by atoms with van der Waals surface area (Å²) < 4.78 is 1.93. The molecule has 0 bridgehead atoms. The molecule has 0 fully saturated rings. The van der Waals surface area contributed by atoms with Gasteiger partial charge in [0, 0.05) is 24.2 Å². The van der Waals surface area contributed by atoms with Gasteiger partial charge in [-0.25, -0.2) is 14.6 Å². The zero-order valence-electron chi connectivity index (χ0n) is 15.7. The van der Waals surface area contributed by atoms with Crippen molar-refractivity contribution in [3.8, 4) is 5.75 Å². The first kappa shape index (κ1) is 18.3. The third-order valence-corrected chi connectivity index (χ3v) is 5.13. The second kappa shape index (κ2) is 7.90. The highest BCUT2D eigenvalue weighted by Crippen LogP contribution is 2.28. The van der Waals surface area contributed by atoms with Gasteiger partial charge in [0.1, 0.15) is 11.6 Å². The largest absolute Gasteiger partial charge is 0.508 e. The third kappa shape index (κ3) is 3.80. The normalized spacial score (nSPS) is 12.2. The maximum absolute atomic E-state index is 9.72. The average Bonchev–Trinajstić information content (AvgIpc) is 3.11. The van der Waals surface area contributed by atoms with Crippen LogP contribution in [0.4, 0.5) is 11.5 Å². The van der Waals surface area contributed by atoms with Gasteiger partial charge in [0.05, 0.1) is 11.6 Å². The molecular formula is C21H21N5OS. The van der Waals surface area contributed by atoms with E-state index in [9.17, 15) is 5.11 Å². The number of benzene rings is 2. The predicted molar refractivity (Wildman–Crippen MR) is 113 cm³/mol. The molecule has 7 heteroatoms. The molecule has 2 heterocycles. The van der Waals surface area contributed by atoms with Crippen LogP contribution in [0.3, 0.4) is 0 Å². The number of hydrogen-bond donors (Lipinski definition) is 2. The zero-order chi connectivity index (χ0) is 19.5. The van der Waals surface area contributed by atoms with E-state index in [1.54, 1.807) is 24.4 Å². The number of rotatable bonds is 6. The molecule has 2 aromatic carbocycles. The summed E-state index contributed by atoms with van der Waals surface area (Å²) in [7, 11) is 0. The molecule has 2 N–H and O–H groups in total. The summed E-state index contributed by atoms with van der Waals surface area (Å²) in [5.74, 6) is 1.19. The van der Waals surface area contributed by atoms with Gasteiger partial charge in [-0.1, -0.05) is 55.1 Å². The Morgan fingerprint density at radius 1 is 1.11 bits per heavy atom. The molecule has 0 aliphatic rings. The highest BCUT2D eigenvalue weighted by atomic mass is 32.2. The highest BCUT2D eigenvalue weighted by molar-refractivity contribution is 7.98. The van der Waals surface area contributed by atoms with Crippen LogP contribution in [0.2, 0.25) is 0 Å². The number of nitrogens with one attached hydrogen (secondary N) is 1. The molecule has 28 heavy (non-hydrogen) atoms. The van der Waals surface area contributed by atoms with E-state index in [4.69, 9.17) is 0 Å². The number of anilines is 2. The highest BCUT2D eigenvalue weighted by Gasteiger charge is 2.15. The maximum atomic E-state index is 9.72. The van der Waals surface area contributed by atoms with E-state index in [-0.39, 0.29) is 5.75 Å². The fraction of sp³-hybridized carbons (Fsp3) is 0.190. The molecule has 0 spiro atoms. The number of thioether (sulfide) groups is 1. The van der Waals surface area contributed by atoms with Crippen molar-refractivity contribution in [2.45, 2.75) is 24.5 Å². The molecule has 0 saturated heterocycles. The van der Waals surface area contributed by atoms with Crippen LogP contribution in [0.5, 0.6) is 5.75 Å². The lowest BCUT2D eigenvalue weighted by Gasteiger charge is -2.13. The molecule has 1 atom stereocenters. The van der Waals surface area contributed by atoms with E-state index in [1.807, 2.05) is 23.1 Å². The molecule has 0 aliphatic carbocycles. The van der Waals surface area contributed by atoms with Crippen LogP contribution in [-0.2, 0) is 6.54 Å². The first-order valence-corrected chi connectivity index (χ1v) is 10.2. The van der Waals surface area contributed by atoms with E-state index < -0.39 is 0 Å². The third-order valence-electron chi connectivity index (χ3n) is 4.58. The summed E-state index contributed by atoms with van der Waals surface area (Å²) in [5.41, 5.74) is 2.82. The molecule has 0 saturated carbocycles. The monoisotopic (exact) mass is 391 g/mol. The first-order valence-electron chi connectivity index (χ1n) is 9.02. The lowest BCUT2D eigenvalue weighted by atomic mass is 10.0. The molecule has 6 nitrogen and oxygen atoms in total. The fourth-order valence-corrected chi connectivity index (χ4v) is 3.48. The first-order chi connectivity index (χ1) is 13.6. The van der Waals surface area contributed by atoms with Crippen molar-refractivity contribution in [2.75, 3.05) is 11.6 Å². The van der Waals surface area contributed by atoms with E-state index in [0.717, 1.165) is 23.3 Å². The van der Waals surface area contributed by atoms with Crippen LogP contribution in [-0.4, -0.2) is 31.1 Å². The summed E-state index contributed by atoms with van der Waals surface area (Å²) in [4.78, 5) is 9.28. The van der Waals surface area contributed by atoms with Crippen molar-refractivity contribution in [1.82, 2.24) is 19.7 Å². The molecule has 1 unspecified atom stereocenters. The molecular weight excluding hydrogens is 370 g/mol. The SMILES string of the molecule is CSc1nc(Nc2cccc(O)c2)c2cnn(CC(C)c3ccccc3)c2n1. The second-order valence-corrected chi connectivity index (χ2v) is 7.38. The Morgan fingerprint density at radius 2 is 1.93 bits per heavy atom. The summed E-state index contributed by atoms with van der Waals surface area (Å²) in [6.45, 7) is 2.91. The lowest BCUT2D eigenvalue weighted by Crippen LogP contribution is -2.09. The van der Waals surface area contributed by atoms with Gasteiger partial charge in [-0.15, -0.1) is 0 Å². The van der Waals surface area contributed by atoms with Gasteiger partial charge in [0.15, 0.2) is 10.8 Å². The Hall–Kier alpha value is -3.06. The molecule has 0 amide bonds. The fourth-order valence-electron chi connectivity index (χ4n) is 3.12.